The molecule has 0 radical (unpaired) electrons. The molecule has 0 amide bonds. The fourth-order valence-corrected chi connectivity index (χ4v) is 0.806. The summed E-state index contributed by atoms with van der Waals surface area (Å²) in [6.45, 7) is 0.202. The third-order valence-electron chi connectivity index (χ3n) is 1.41. The van der Waals surface area contributed by atoms with Crippen molar-refractivity contribution in [2.75, 3.05) is 18.1 Å². The molecule has 1 aromatic carbocycles. The molecule has 0 aliphatic heterocycles. The summed E-state index contributed by atoms with van der Waals surface area (Å²) in [7, 11) is 0. The fourth-order valence-electron chi connectivity index (χ4n) is 0.806. The number of benzene rings is 1. The average molecular weight is 162 g/mol. The van der Waals surface area contributed by atoms with E-state index < -0.39 is 0 Å². The van der Waals surface area contributed by atoms with Crippen molar-refractivity contribution in [2.24, 2.45) is 0 Å². The summed E-state index contributed by atoms with van der Waals surface area (Å²) in [5.41, 5.74) is 12.1. The molecule has 0 aliphatic carbocycles. The van der Waals surface area contributed by atoms with Crippen molar-refractivity contribution in [2.45, 2.75) is 0 Å². The highest BCUT2D eigenvalue weighted by atomic mass is 16.5. The van der Waals surface area contributed by atoms with Gasteiger partial charge in [0, 0.05) is 0 Å². The Labute approximate surface area is 71.3 Å². The van der Waals surface area contributed by atoms with Crippen LogP contribution < -0.4 is 16.2 Å². The topological polar surface area (TPSA) is 61.3 Å². The van der Waals surface area contributed by atoms with Gasteiger partial charge in [0.15, 0.2) is 0 Å². The lowest BCUT2D eigenvalue weighted by molar-refractivity contribution is 0.372. The summed E-state index contributed by atoms with van der Waals surface area (Å²) in [6, 6.07) is 5.19. The lowest BCUT2D eigenvalue weighted by Gasteiger charge is -2.06. The van der Waals surface area contributed by atoms with Crippen LogP contribution in [0.1, 0.15) is 0 Å². The number of nitrogens with two attached hydrogens (primary N) is 2. The van der Waals surface area contributed by atoms with Gasteiger partial charge in [-0.3, -0.25) is 0 Å². The Bertz CT molecular complexity index is 315. The predicted molar refractivity (Wildman–Crippen MR) is 49.6 cm³/mol. The SMILES string of the molecule is C#CCOc1cccc(N)c1N. The summed E-state index contributed by atoms with van der Waals surface area (Å²) in [5.74, 6) is 2.88. The molecular weight excluding hydrogens is 152 g/mol. The molecule has 0 heterocycles. The summed E-state index contributed by atoms with van der Waals surface area (Å²) in [4.78, 5) is 0. The van der Waals surface area contributed by atoms with Crippen molar-refractivity contribution in [3.8, 4) is 18.1 Å². The van der Waals surface area contributed by atoms with Crippen LogP contribution in [0.15, 0.2) is 18.2 Å². The first kappa shape index (κ1) is 8.28. The number of nitrogen functional groups attached to an aromatic ring is 2. The van der Waals surface area contributed by atoms with Crippen LogP contribution in [0.5, 0.6) is 5.75 Å². The van der Waals surface area contributed by atoms with Crippen LogP contribution in [0.25, 0.3) is 0 Å². The van der Waals surface area contributed by atoms with Crippen LogP contribution in [-0.4, -0.2) is 6.61 Å². The Balaban J connectivity index is 2.86. The van der Waals surface area contributed by atoms with E-state index in [1.807, 2.05) is 0 Å². The van der Waals surface area contributed by atoms with Crippen LogP contribution in [0.2, 0.25) is 0 Å². The molecular formula is C9H10N2O. The zero-order chi connectivity index (χ0) is 8.97. The number of hydrogen-bond donors (Lipinski definition) is 2. The van der Waals surface area contributed by atoms with E-state index in [1.165, 1.54) is 0 Å². The maximum Gasteiger partial charge on any atom is 0.148 e. The van der Waals surface area contributed by atoms with Crippen molar-refractivity contribution in [1.82, 2.24) is 0 Å². The molecule has 0 unspecified atom stereocenters. The molecule has 0 atom stereocenters. The first-order valence-electron chi connectivity index (χ1n) is 3.46. The van der Waals surface area contributed by atoms with Gasteiger partial charge in [0.1, 0.15) is 12.4 Å². The lowest BCUT2D eigenvalue weighted by Crippen LogP contribution is -2.00. The normalized spacial score (nSPS) is 8.92. The summed E-state index contributed by atoms with van der Waals surface area (Å²) < 4.78 is 5.13. The van der Waals surface area contributed by atoms with E-state index in [0.717, 1.165) is 0 Å². The maximum absolute atomic E-state index is 5.60. The molecule has 4 N–H and O–H groups in total. The fraction of sp³-hybridized carbons (Fsp3) is 0.111. The second-order valence-electron chi connectivity index (χ2n) is 2.25. The Morgan fingerprint density at radius 3 is 2.83 bits per heavy atom. The Kier molecular flexibility index (Phi) is 2.44. The zero-order valence-electron chi connectivity index (χ0n) is 6.58. The van der Waals surface area contributed by atoms with Crippen molar-refractivity contribution >= 4 is 11.4 Å². The number of rotatable bonds is 2. The van der Waals surface area contributed by atoms with Crippen molar-refractivity contribution in [3.05, 3.63) is 18.2 Å². The van der Waals surface area contributed by atoms with Gasteiger partial charge in [-0.15, -0.1) is 6.42 Å². The molecule has 0 saturated carbocycles. The predicted octanol–water partition coefficient (Wildman–Crippen LogP) is 0.863. The lowest BCUT2D eigenvalue weighted by atomic mass is 10.2. The van der Waals surface area contributed by atoms with Gasteiger partial charge in [0.25, 0.3) is 0 Å². The van der Waals surface area contributed by atoms with Gasteiger partial charge < -0.3 is 16.2 Å². The molecule has 0 aliphatic rings. The highest BCUT2D eigenvalue weighted by Crippen LogP contribution is 2.26. The first-order valence-corrected chi connectivity index (χ1v) is 3.46. The molecule has 1 aromatic rings. The first-order chi connectivity index (χ1) is 5.75. The molecule has 62 valence electrons. The maximum atomic E-state index is 5.60. The number of hydrogen-bond acceptors (Lipinski definition) is 3. The third-order valence-corrected chi connectivity index (χ3v) is 1.41. The summed E-state index contributed by atoms with van der Waals surface area (Å²) in [6.07, 6.45) is 5.02. The van der Waals surface area contributed by atoms with Crippen molar-refractivity contribution < 1.29 is 4.74 Å². The van der Waals surface area contributed by atoms with Crippen molar-refractivity contribution in [3.63, 3.8) is 0 Å². The average Bonchev–Trinajstić information content (AvgIpc) is 2.08. The second-order valence-corrected chi connectivity index (χ2v) is 2.25. The van der Waals surface area contributed by atoms with Crippen LogP contribution in [0, 0.1) is 12.3 Å². The molecule has 1 rings (SSSR count). The number of terminal acetylenes is 1. The Morgan fingerprint density at radius 1 is 1.42 bits per heavy atom. The van der Waals surface area contributed by atoms with Crippen LogP contribution in [0.3, 0.4) is 0 Å². The minimum absolute atomic E-state index is 0.202. The molecule has 3 heteroatoms. The van der Waals surface area contributed by atoms with Gasteiger partial charge in [0.2, 0.25) is 0 Å². The quantitative estimate of drug-likeness (QED) is 0.501. The van der Waals surface area contributed by atoms with Gasteiger partial charge in [-0.1, -0.05) is 12.0 Å². The molecule has 12 heavy (non-hydrogen) atoms. The largest absolute Gasteiger partial charge is 0.479 e. The molecule has 0 bridgehead atoms. The van der Waals surface area contributed by atoms with E-state index in [-0.39, 0.29) is 6.61 Å². The molecule has 0 fully saturated rings. The van der Waals surface area contributed by atoms with Gasteiger partial charge in [0.05, 0.1) is 11.4 Å². The summed E-state index contributed by atoms with van der Waals surface area (Å²) in [5, 5.41) is 0. The molecule has 0 aromatic heterocycles. The van der Waals surface area contributed by atoms with Gasteiger partial charge in [-0.05, 0) is 12.1 Å². The number of para-hydroxylation sites is 1. The van der Waals surface area contributed by atoms with E-state index in [0.29, 0.717) is 17.1 Å². The van der Waals surface area contributed by atoms with E-state index in [1.54, 1.807) is 18.2 Å². The third kappa shape index (κ3) is 1.61. The van der Waals surface area contributed by atoms with Crippen LogP contribution in [0.4, 0.5) is 11.4 Å². The zero-order valence-corrected chi connectivity index (χ0v) is 6.58. The highest BCUT2D eigenvalue weighted by Gasteiger charge is 2.01. The molecule has 3 nitrogen and oxygen atoms in total. The van der Waals surface area contributed by atoms with Gasteiger partial charge in [-0.25, -0.2) is 0 Å². The Morgan fingerprint density at radius 2 is 2.17 bits per heavy atom. The standard InChI is InChI=1S/C9H10N2O/c1-2-6-12-8-5-3-4-7(10)9(8)11/h1,3-5H,6,10-11H2. The van der Waals surface area contributed by atoms with E-state index in [9.17, 15) is 0 Å². The van der Waals surface area contributed by atoms with E-state index in [2.05, 4.69) is 5.92 Å². The van der Waals surface area contributed by atoms with Gasteiger partial charge >= 0.3 is 0 Å². The van der Waals surface area contributed by atoms with Crippen molar-refractivity contribution in [1.29, 1.82) is 0 Å². The van der Waals surface area contributed by atoms with Crippen LogP contribution >= 0.6 is 0 Å². The Hall–Kier alpha value is -1.82. The van der Waals surface area contributed by atoms with E-state index in [4.69, 9.17) is 22.6 Å². The van der Waals surface area contributed by atoms with Gasteiger partial charge in [-0.2, -0.15) is 0 Å². The number of anilines is 2. The smallest absolute Gasteiger partial charge is 0.148 e. The number of ether oxygens (including phenoxy) is 1. The molecule has 0 spiro atoms. The minimum Gasteiger partial charge on any atom is -0.479 e. The minimum atomic E-state index is 0.202. The van der Waals surface area contributed by atoms with E-state index >= 15 is 0 Å². The van der Waals surface area contributed by atoms with Crippen LogP contribution in [-0.2, 0) is 0 Å². The monoisotopic (exact) mass is 162 g/mol. The summed E-state index contributed by atoms with van der Waals surface area (Å²) >= 11 is 0. The second kappa shape index (κ2) is 3.54. The molecule has 0 saturated heterocycles. The highest BCUT2D eigenvalue weighted by molar-refractivity contribution is 5.70.